The molecule has 3 aliphatic rings. The minimum atomic E-state index is 0.353. The van der Waals surface area contributed by atoms with Crippen LogP contribution in [0.2, 0.25) is 0 Å². The quantitative estimate of drug-likeness (QED) is 0.608. The van der Waals surface area contributed by atoms with Crippen LogP contribution in [0.5, 0.6) is 0 Å². The molecule has 2 bridgehead atoms. The lowest BCUT2D eigenvalue weighted by atomic mass is 9.84. The van der Waals surface area contributed by atoms with Crippen LogP contribution in [0.25, 0.3) is 0 Å². The van der Waals surface area contributed by atoms with Crippen LogP contribution in [0, 0.1) is 23.7 Å². The third-order valence-electron chi connectivity index (χ3n) is 3.91. The van der Waals surface area contributed by atoms with Crippen molar-refractivity contribution in [3.8, 4) is 0 Å². The van der Waals surface area contributed by atoms with Gasteiger partial charge in [-0.3, -0.25) is 0 Å². The molecule has 0 radical (unpaired) electrons. The van der Waals surface area contributed by atoms with Crippen molar-refractivity contribution in [1.82, 2.24) is 0 Å². The lowest BCUT2D eigenvalue weighted by Gasteiger charge is -2.27. The molecular weight excluding hydrogens is 172 g/mol. The molecule has 0 heterocycles. The van der Waals surface area contributed by atoms with Crippen LogP contribution in [-0.4, -0.2) is 12.2 Å². The molecule has 1 fully saturated rings. The van der Waals surface area contributed by atoms with Gasteiger partial charge in [0.1, 0.15) is 0 Å². The molecule has 3 unspecified atom stereocenters. The zero-order chi connectivity index (χ0) is 9.71. The summed E-state index contributed by atoms with van der Waals surface area (Å²) in [6, 6.07) is 0. The summed E-state index contributed by atoms with van der Waals surface area (Å²) >= 11 is 0. The summed E-state index contributed by atoms with van der Waals surface area (Å²) in [5.74, 6) is 3.16. The number of hydrogen-bond donors (Lipinski definition) is 0. The molecule has 0 aromatic heterocycles. The highest BCUT2D eigenvalue weighted by atomic mass is 16.5. The van der Waals surface area contributed by atoms with Crippen LogP contribution in [0.1, 0.15) is 20.3 Å². The Hall–Kier alpha value is -0.560. The molecule has 0 aliphatic heterocycles. The lowest BCUT2D eigenvalue weighted by Crippen LogP contribution is -2.28. The van der Waals surface area contributed by atoms with Crippen molar-refractivity contribution < 1.29 is 4.74 Å². The third kappa shape index (κ3) is 1.12. The Morgan fingerprint density at radius 1 is 1.07 bits per heavy atom. The molecule has 0 aromatic carbocycles. The van der Waals surface area contributed by atoms with Gasteiger partial charge in [-0.05, 0) is 38.0 Å². The van der Waals surface area contributed by atoms with Crippen LogP contribution in [0.15, 0.2) is 24.3 Å². The standard InChI is InChI=1S/C13H18O/c1-8(2)14-12-6-5-11-9-3-4-10(7-9)13(11)12/h3-6,8-13H,7H2,1-2H3/t9-,10+,11?,12?,13?/m0/s1. The average molecular weight is 190 g/mol. The number of allylic oxidation sites excluding steroid dienone is 3. The minimum absolute atomic E-state index is 0.353. The van der Waals surface area contributed by atoms with Crippen molar-refractivity contribution in [1.29, 1.82) is 0 Å². The Morgan fingerprint density at radius 2 is 1.86 bits per heavy atom. The van der Waals surface area contributed by atoms with Gasteiger partial charge in [0.25, 0.3) is 0 Å². The van der Waals surface area contributed by atoms with E-state index in [1.807, 2.05) is 0 Å². The van der Waals surface area contributed by atoms with Crippen LogP contribution in [-0.2, 0) is 4.74 Å². The highest BCUT2D eigenvalue weighted by Gasteiger charge is 2.49. The highest BCUT2D eigenvalue weighted by Crippen LogP contribution is 2.53. The maximum absolute atomic E-state index is 5.96. The maximum atomic E-state index is 5.96. The predicted molar refractivity (Wildman–Crippen MR) is 56.9 cm³/mol. The van der Waals surface area contributed by atoms with Gasteiger partial charge in [0.05, 0.1) is 12.2 Å². The van der Waals surface area contributed by atoms with Crippen LogP contribution < -0.4 is 0 Å². The van der Waals surface area contributed by atoms with Crippen molar-refractivity contribution in [2.24, 2.45) is 23.7 Å². The monoisotopic (exact) mass is 190 g/mol. The molecule has 3 rings (SSSR count). The van der Waals surface area contributed by atoms with Crippen LogP contribution >= 0.6 is 0 Å². The van der Waals surface area contributed by atoms with Crippen LogP contribution in [0.3, 0.4) is 0 Å². The summed E-state index contributed by atoms with van der Waals surface area (Å²) in [6.07, 6.45) is 11.6. The maximum Gasteiger partial charge on any atom is 0.0799 e. The van der Waals surface area contributed by atoms with E-state index in [1.54, 1.807) is 0 Å². The fraction of sp³-hybridized carbons (Fsp3) is 0.692. The van der Waals surface area contributed by atoms with E-state index < -0.39 is 0 Å². The van der Waals surface area contributed by atoms with E-state index in [9.17, 15) is 0 Å². The predicted octanol–water partition coefficient (Wildman–Crippen LogP) is 2.79. The second-order valence-electron chi connectivity index (χ2n) is 5.14. The third-order valence-corrected chi connectivity index (χ3v) is 3.91. The van der Waals surface area contributed by atoms with Gasteiger partial charge in [-0.15, -0.1) is 0 Å². The minimum Gasteiger partial charge on any atom is -0.371 e. The molecule has 1 saturated carbocycles. The van der Waals surface area contributed by atoms with Gasteiger partial charge in [-0.1, -0.05) is 24.3 Å². The van der Waals surface area contributed by atoms with Crippen molar-refractivity contribution in [3.05, 3.63) is 24.3 Å². The summed E-state index contributed by atoms with van der Waals surface area (Å²) in [5, 5.41) is 0. The Bertz CT molecular complexity index is 290. The molecule has 0 spiro atoms. The van der Waals surface area contributed by atoms with Gasteiger partial charge < -0.3 is 4.74 Å². The molecule has 3 aliphatic carbocycles. The van der Waals surface area contributed by atoms with E-state index in [1.165, 1.54) is 6.42 Å². The van der Waals surface area contributed by atoms with E-state index in [0.717, 1.165) is 23.7 Å². The first-order chi connectivity index (χ1) is 6.75. The van der Waals surface area contributed by atoms with E-state index in [2.05, 4.69) is 38.2 Å². The van der Waals surface area contributed by atoms with Crippen molar-refractivity contribution >= 4 is 0 Å². The fourth-order valence-corrected chi connectivity index (χ4v) is 3.45. The van der Waals surface area contributed by atoms with Crippen molar-refractivity contribution in [2.45, 2.75) is 32.5 Å². The molecule has 0 saturated heterocycles. The molecule has 0 N–H and O–H groups in total. The first-order valence-corrected chi connectivity index (χ1v) is 5.78. The van der Waals surface area contributed by atoms with E-state index in [4.69, 9.17) is 4.74 Å². The molecule has 1 heteroatoms. The molecule has 0 amide bonds. The van der Waals surface area contributed by atoms with E-state index in [0.29, 0.717) is 12.2 Å². The van der Waals surface area contributed by atoms with Gasteiger partial charge in [0.2, 0.25) is 0 Å². The second kappa shape index (κ2) is 2.96. The lowest BCUT2D eigenvalue weighted by molar-refractivity contribution is -0.00434. The Labute approximate surface area is 85.8 Å². The van der Waals surface area contributed by atoms with Gasteiger partial charge in [0.15, 0.2) is 0 Å². The molecule has 1 nitrogen and oxygen atoms in total. The summed E-state index contributed by atoms with van der Waals surface area (Å²) < 4.78 is 5.96. The zero-order valence-corrected chi connectivity index (χ0v) is 8.89. The van der Waals surface area contributed by atoms with Crippen molar-refractivity contribution in [2.75, 3.05) is 0 Å². The Kier molecular flexibility index (Phi) is 1.85. The molecule has 14 heavy (non-hydrogen) atoms. The summed E-state index contributed by atoms with van der Waals surface area (Å²) in [5.41, 5.74) is 0. The smallest absolute Gasteiger partial charge is 0.0799 e. The van der Waals surface area contributed by atoms with Gasteiger partial charge in [0, 0.05) is 5.92 Å². The second-order valence-corrected chi connectivity index (χ2v) is 5.14. The first-order valence-electron chi connectivity index (χ1n) is 5.78. The van der Waals surface area contributed by atoms with Crippen molar-refractivity contribution in [3.63, 3.8) is 0 Å². The fourth-order valence-electron chi connectivity index (χ4n) is 3.45. The summed E-state index contributed by atoms with van der Waals surface area (Å²) in [6.45, 7) is 4.26. The molecule has 5 atom stereocenters. The normalized spacial score (nSPS) is 48.1. The summed E-state index contributed by atoms with van der Waals surface area (Å²) in [4.78, 5) is 0. The van der Waals surface area contributed by atoms with Gasteiger partial charge in [-0.25, -0.2) is 0 Å². The van der Waals surface area contributed by atoms with Gasteiger partial charge >= 0.3 is 0 Å². The highest BCUT2D eigenvalue weighted by molar-refractivity contribution is 5.25. The van der Waals surface area contributed by atoms with Gasteiger partial charge in [-0.2, -0.15) is 0 Å². The number of fused-ring (bicyclic) bond motifs is 5. The number of ether oxygens (including phenoxy) is 1. The van der Waals surface area contributed by atoms with E-state index >= 15 is 0 Å². The summed E-state index contributed by atoms with van der Waals surface area (Å²) in [7, 11) is 0. The number of rotatable bonds is 2. The molecule has 0 aromatic rings. The Balaban J connectivity index is 1.79. The number of hydrogen-bond acceptors (Lipinski definition) is 1. The molecular formula is C13H18O. The largest absolute Gasteiger partial charge is 0.371 e. The zero-order valence-electron chi connectivity index (χ0n) is 8.89. The topological polar surface area (TPSA) is 9.23 Å². The van der Waals surface area contributed by atoms with E-state index in [-0.39, 0.29) is 0 Å². The SMILES string of the molecule is CC(C)OC1C=CC2C1[C@@H]1C=C[C@H]2C1. The average Bonchev–Trinajstić information content (AvgIpc) is 2.74. The first kappa shape index (κ1) is 8.72. The molecule has 76 valence electrons. The van der Waals surface area contributed by atoms with Crippen LogP contribution in [0.4, 0.5) is 0 Å². The Morgan fingerprint density at radius 3 is 2.64 bits per heavy atom.